The summed E-state index contributed by atoms with van der Waals surface area (Å²) in [7, 11) is 0. The van der Waals surface area contributed by atoms with Gasteiger partial charge in [0.05, 0.1) is 10.5 Å². The van der Waals surface area contributed by atoms with Crippen LogP contribution in [-0.2, 0) is 6.54 Å². The first-order valence-corrected chi connectivity index (χ1v) is 7.14. The number of hydrogen-bond acceptors (Lipinski definition) is 5. The van der Waals surface area contributed by atoms with E-state index in [2.05, 4.69) is 10.4 Å². The standard InChI is InChI=1S/C13H25N5O2/c1-5-8-17-12(11(18(19)20)10(4)16-17)15-13(6-2,7-3)9-14/h15H,5-9,14H2,1-4H3. The lowest BCUT2D eigenvalue weighted by atomic mass is 9.93. The van der Waals surface area contributed by atoms with Crippen molar-refractivity contribution in [2.75, 3.05) is 11.9 Å². The number of aromatic nitrogens is 2. The van der Waals surface area contributed by atoms with Crippen molar-refractivity contribution in [3.8, 4) is 0 Å². The fraction of sp³-hybridized carbons (Fsp3) is 0.769. The maximum absolute atomic E-state index is 11.3. The van der Waals surface area contributed by atoms with Crippen LogP contribution in [-0.4, -0.2) is 26.8 Å². The number of rotatable bonds is 8. The zero-order valence-corrected chi connectivity index (χ0v) is 12.8. The third-order valence-corrected chi connectivity index (χ3v) is 3.84. The van der Waals surface area contributed by atoms with Crippen LogP contribution in [0.2, 0.25) is 0 Å². The second-order valence-electron chi connectivity index (χ2n) is 5.08. The Kier molecular flexibility index (Phi) is 5.50. The van der Waals surface area contributed by atoms with E-state index < -0.39 is 0 Å². The minimum absolute atomic E-state index is 0.0539. The van der Waals surface area contributed by atoms with Crippen molar-refractivity contribution in [1.29, 1.82) is 0 Å². The third kappa shape index (κ3) is 3.09. The van der Waals surface area contributed by atoms with Gasteiger partial charge < -0.3 is 11.1 Å². The van der Waals surface area contributed by atoms with Gasteiger partial charge in [0.25, 0.3) is 0 Å². The van der Waals surface area contributed by atoms with Crippen LogP contribution in [0.3, 0.4) is 0 Å². The number of nitro groups is 1. The second kappa shape index (κ2) is 6.69. The van der Waals surface area contributed by atoms with Gasteiger partial charge in [-0.2, -0.15) is 5.10 Å². The van der Waals surface area contributed by atoms with Crippen LogP contribution in [0.1, 0.15) is 45.7 Å². The average molecular weight is 283 g/mol. The number of hydrogen-bond donors (Lipinski definition) is 2. The van der Waals surface area contributed by atoms with Crippen molar-refractivity contribution in [3.63, 3.8) is 0 Å². The molecule has 0 bridgehead atoms. The predicted molar refractivity (Wildman–Crippen MR) is 79.9 cm³/mol. The van der Waals surface area contributed by atoms with Crippen LogP contribution in [0.15, 0.2) is 0 Å². The van der Waals surface area contributed by atoms with E-state index in [9.17, 15) is 10.1 Å². The van der Waals surface area contributed by atoms with Gasteiger partial charge in [-0.25, -0.2) is 4.68 Å². The molecule has 0 amide bonds. The van der Waals surface area contributed by atoms with Crippen molar-refractivity contribution in [3.05, 3.63) is 15.8 Å². The highest BCUT2D eigenvalue weighted by atomic mass is 16.6. The molecule has 3 N–H and O–H groups in total. The van der Waals surface area contributed by atoms with E-state index in [0.717, 1.165) is 19.3 Å². The summed E-state index contributed by atoms with van der Waals surface area (Å²) in [6, 6.07) is 0. The molecule has 20 heavy (non-hydrogen) atoms. The summed E-state index contributed by atoms with van der Waals surface area (Å²) in [5.41, 5.74) is 6.03. The molecule has 0 fully saturated rings. The first-order valence-electron chi connectivity index (χ1n) is 7.14. The maximum Gasteiger partial charge on any atom is 0.333 e. The van der Waals surface area contributed by atoms with Gasteiger partial charge in [-0.3, -0.25) is 10.1 Å². The van der Waals surface area contributed by atoms with Crippen molar-refractivity contribution in [2.24, 2.45) is 5.73 Å². The molecule has 0 aliphatic carbocycles. The summed E-state index contributed by atoms with van der Waals surface area (Å²) < 4.78 is 1.68. The molecule has 0 saturated heterocycles. The summed E-state index contributed by atoms with van der Waals surface area (Å²) >= 11 is 0. The van der Waals surface area contributed by atoms with Crippen LogP contribution in [0.4, 0.5) is 11.5 Å². The van der Waals surface area contributed by atoms with Gasteiger partial charge in [0.1, 0.15) is 5.69 Å². The van der Waals surface area contributed by atoms with E-state index in [1.807, 2.05) is 20.8 Å². The van der Waals surface area contributed by atoms with E-state index in [-0.39, 0.29) is 16.1 Å². The molecule has 0 spiro atoms. The lowest BCUT2D eigenvalue weighted by Gasteiger charge is -2.32. The van der Waals surface area contributed by atoms with E-state index in [1.54, 1.807) is 11.6 Å². The molecular weight excluding hydrogens is 258 g/mol. The molecule has 1 aromatic rings. The Hall–Kier alpha value is -1.63. The molecule has 0 aliphatic heterocycles. The lowest BCUT2D eigenvalue weighted by molar-refractivity contribution is -0.384. The van der Waals surface area contributed by atoms with Gasteiger partial charge in [-0.1, -0.05) is 20.8 Å². The van der Waals surface area contributed by atoms with Crippen LogP contribution >= 0.6 is 0 Å². The van der Waals surface area contributed by atoms with Crippen molar-refractivity contribution in [2.45, 2.75) is 59.0 Å². The minimum atomic E-state index is -0.372. The quantitative estimate of drug-likeness (QED) is 0.564. The van der Waals surface area contributed by atoms with E-state index in [1.165, 1.54) is 0 Å². The minimum Gasteiger partial charge on any atom is -0.358 e. The smallest absolute Gasteiger partial charge is 0.333 e. The highest BCUT2D eigenvalue weighted by Gasteiger charge is 2.32. The summed E-state index contributed by atoms with van der Waals surface area (Å²) in [5.74, 6) is 0.475. The van der Waals surface area contributed by atoms with Crippen molar-refractivity contribution in [1.82, 2.24) is 9.78 Å². The fourth-order valence-electron chi connectivity index (χ4n) is 2.31. The highest BCUT2D eigenvalue weighted by Crippen LogP contribution is 2.32. The molecule has 7 heteroatoms. The zero-order valence-electron chi connectivity index (χ0n) is 12.8. The molecule has 1 rings (SSSR count). The Morgan fingerprint density at radius 2 is 2.00 bits per heavy atom. The summed E-state index contributed by atoms with van der Waals surface area (Å²) in [5, 5.41) is 18.9. The molecule has 0 aromatic carbocycles. The summed E-state index contributed by atoms with van der Waals surface area (Å²) in [6.07, 6.45) is 2.46. The lowest BCUT2D eigenvalue weighted by Crippen LogP contribution is -2.45. The van der Waals surface area contributed by atoms with Crippen LogP contribution in [0.25, 0.3) is 0 Å². The van der Waals surface area contributed by atoms with Gasteiger partial charge >= 0.3 is 5.69 Å². The molecule has 0 radical (unpaired) electrons. The number of nitrogens with one attached hydrogen (secondary N) is 1. The topological polar surface area (TPSA) is 99.0 Å². The first kappa shape index (κ1) is 16.4. The molecule has 114 valence electrons. The van der Waals surface area contributed by atoms with E-state index in [4.69, 9.17) is 5.73 Å². The Labute approximate surface area is 119 Å². The Balaban J connectivity index is 3.29. The molecule has 0 unspecified atom stereocenters. The molecule has 0 aliphatic rings. The SMILES string of the molecule is CCCn1nc(C)c([N+](=O)[O-])c1NC(CC)(CC)CN. The summed E-state index contributed by atoms with van der Waals surface area (Å²) in [6.45, 7) is 8.81. The van der Waals surface area contributed by atoms with Crippen molar-refractivity contribution >= 4 is 11.5 Å². The zero-order chi connectivity index (χ0) is 15.3. The normalized spacial score (nSPS) is 11.7. The molecular formula is C13H25N5O2. The van der Waals surface area contributed by atoms with Gasteiger partial charge in [0.15, 0.2) is 0 Å². The fourth-order valence-corrected chi connectivity index (χ4v) is 2.31. The Morgan fingerprint density at radius 1 is 1.40 bits per heavy atom. The highest BCUT2D eigenvalue weighted by molar-refractivity contribution is 5.61. The number of nitrogens with two attached hydrogens (primary N) is 1. The first-order chi connectivity index (χ1) is 9.44. The second-order valence-corrected chi connectivity index (χ2v) is 5.08. The third-order valence-electron chi connectivity index (χ3n) is 3.84. The van der Waals surface area contributed by atoms with Gasteiger partial charge in [-0.15, -0.1) is 0 Å². The van der Waals surface area contributed by atoms with Crippen LogP contribution in [0, 0.1) is 17.0 Å². The Bertz CT molecular complexity index is 457. The maximum atomic E-state index is 11.3. The summed E-state index contributed by atoms with van der Waals surface area (Å²) in [4.78, 5) is 10.9. The molecule has 0 atom stereocenters. The van der Waals surface area contributed by atoms with Crippen LogP contribution < -0.4 is 11.1 Å². The Morgan fingerprint density at radius 3 is 2.40 bits per heavy atom. The van der Waals surface area contributed by atoms with Crippen molar-refractivity contribution < 1.29 is 4.92 Å². The number of nitrogens with zero attached hydrogens (tertiary/aromatic N) is 3. The van der Waals surface area contributed by atoms with Gasteiger partial charge in [0.2, 0.25) is 5.82 Å². The number of aryl methyl sites for hydroxylation is 2. The van der Waals surface area contributed by atoms with E-state index >= 15 is 0 Å². The van der Waals surface area contributed by atoms with E-state index in [0.29, 0.717) is 24.6 Å². The average Bonchev–Trinajstić information content (AvgIpc) is 2.72. The molecule has 1 heterocycles. The van der Waals surface area contributed by atoms with Gasteiger partial charge in [-0.05, 0) is 26.2 Å². The van der Waals surface area contributed by atoms with Crippen LogP contribution in [0.5, 0.6) is 0 Å². The van der Waals surface area contributed by atoms with Gasteiger partial charge in [0, 0.05) is 13.1 Å². The predicted octanol–water partition coefficient (Wildman–Crippen LogP) is 2.44. The number of anilines is 1. The monoisotopic (exact) mass is 283 g/mol. The largest absolute Gasteiger partial charge is 0.358 e. The molecule has 0 saturated carbocycles. The molecule has 1 aromatic heterocycles. The molecule has 7 nitrogen and oxygen atoms in total.